The Morgan fingerprint density at radius 1 is 1.03 bits per heavy atom. The fourth-order valence-corrected chi connectivity index (χ4v) is 5.83. The quantitative estimate of drug-likeness (QED) is 0.335. The van der Waals surface area contributed by atoms with Crippen molar-refractivity contribution in [3.63, 3.8) is 0 Å². The van der Waals surface area contributed by atoms with Gasteiger partial charge in [-0.1, -0.05) is 33.3 Å². The van der Waals surface area contributed by atoms with Crippen LogP contribution in [0.2, 0.25) is 0 Å². The van der Waals surface area contributed by atoms with Crippen LogP contribution in [0, 0.1) is 0 Å². The number of hydrogen-bond donors (Lipinski definition) is 0. The molecule has 0 radical (unpaired) electrons. The molecule has 11 heteroatoms. The highest BCUT2D eigenvalue weighted by Crippen LogP contribution is 2.36. The average molecular weight is 618 g/mol. The third-order valence-electron chi connectivity index (χ3n) is 6.11. The zero-order valence-corrected chi connectivity index (χ0v) is 24.9. The van der Waals surface area contributed by atoms with Gasteiger partial charge in [0.05, 0.1) is 56.4 Å². The van der Waals surface area contributed by atoms with E-state index in [0.29, 0.717) is 50.2 Å². The zero-order valence-electron chi connectivity index (χ0n) is 22.5. The third-order valence-corrected chi connectivity index (χ3v) is 7.78. The van der Waals surface area contributed by atoms with Gasteiger partial charge in [-0.05, 0) is 62.2 Å². The van der Waals surface area contributed by atoms with Crippen LogP contribution in [0.5, 0.6) is 23.0 Å². The van der Waals surface area contributed by atoms with Crippen molar-refractivity contribution in [2.24, 2.45) is 4.99 Å². The lowest BCUT2D eigenvalue weighted by molar-refractivity contribution is -0.139. The van der Waals surface area contributed by atoms with E-state index >= 15 is 0 Å². The van der Waals surface area contributed by atoms with Crippen LogP contribution in [0.15, 0.2) is 55.9 Å². The summed E-state index contributed by atoms with van der Waals surface area (Å²) in [5.74, 6) is 1.60. The maximum Gasteiger partial charge on any atom is 0.338 e. The number of allylic oxidation sites excluding steroid dienone is 1. The number of hydrogen-bond acceptors (Lipinski definition) is 9. The van der Waals surface area contributed by atoms with Crippen molar-refractivity contribution in [3.8, 4) is 23.0 Å². The van der Waals surface area contributed by atoms with E-state index in [1.807, 2.05) is 13.0 Å². The number of halogens is 1. The molecule has 2 heterocycles. The van der Waals surface area contributed by atoms with Crippen LogP contribution in [0.1, 0.15) is 37.9 Å². The molecule has 0 fully saturated rings. The fourth-order valence-electron chi connectivity index (χ4n) is 4.36. The number of methoxy groups -OCH3 is 3. The first kappa shape index (κ1) is 28.4. The molecule has 1 aromatic heterocycles. The van der Waals surface area contributed by atoms with Crippen LogP contribution in [-0.4, -0.2) is 45.1 Å². The Labute approximate surface area is 238 Å². The van der Waals surface area contributed by atoms with E-state index in [1.54, 1.807) is 58.4 Å². The van der Waals surface area contributed by atoms with Crippen LogP contribution in [0.25, 0.3) is 6.08 Å². The molecule has 39 heavy (non-hydrogen) atoms. The molecule has 0 amide bonds. The Bertz CT molecular complexity index is 1620. The number of esters is 1. The molecule has 206 valence electrons. The zero-order chi connectivity index (χ0) is 28.3. The topological polar surface area (TPSA) is 97.6 Å². The van der Waals surface area contributed by atoms with E-state index < -0.39 is 12.0 Å². The summed E-state index contributed by atoms with van der Waals surface area (Å²) in [6.07, 6.45) is 1.77. The monoisotopic (exact) mass is 616 g/mol. The van der Waals surface area contributed by atoms with Gasteiger partial charge in [-0.15, -0.1) is 0 Å². The van der Waals surface area contributed by atoms with Crippen molar-refractivity contribution < 1.29 is 28.5 Å². The van der Waals surface area contributed by atoms with E-state index in [-0.39, 0.29) is 17.7 Å². The minimum absolute atomic E-state index is 0.187. The normalized spacial score (nSPS) is 14.9. The second kappa shape index (κ2) is 12.1. The molecule has 2 aromatic carbocycles. The highest BCUT2D eigenvalue weighted by Gasteiger charge is 2.34. The molecule has 0 unspecified atom stereocenters. The third kappa shape index (κ3) is 5.46. The lowest BCUT2D eigenvalue weighted by Gasteiger charge is -2.25. The van der Waals surface area contributed by atoms with Gasteiger partial charge in [0.25, 0.3) is 5.56 Å². The standard InChI is InChI=1S/C28H29BrN2O7S/c1-7-37-22-12-17(18(29)14-21(22)36-6)13-23-26(32)31-25(16-9-10-19(34-4)20(11-16)35-5)24(27(33)38-8-2)15(3)30-28(31)39-23/h9-14,25H,7-8H2,1-6H3/b23-13+/t25-/m1/s1. The van der Waals surface area contributed by atoms with Crippen LogP contribution in [0.4, 0.5) is 0 Å². The lowest BCUT2D eigenvalue weighted by Crippen LogP contribution is -2.40. The summed E-state index contributed by atoms with van der Waals surface area (Å²) in [5, 5.41) is 0. The Morgan fingerprint density at radius 2 is 1.72 bits per heavy atom. The van der Waals surface area contributed by atoms with Crippen molar-refractivity contribution in [1.82, 2.24) is 4.57 Å². The van der Waals surface area contributed by atoms with Crippen molar-refractivity contribution in [1.29, 1.82) is 0 Å². The van der Waals surface area contributed by atoms with Gasteiger partial charge < -0.3 is 23.7 Å². The van der Waals surface area contributed by atoms with Gasteiger partial charge in [0, 0.05) is 4.47 Å². The smallest absolute Gasteiger partial charge is 0.338 e. The number of fused-ring (bicyclic) bond motifs is 1. The molecule has 0 saturated carbocycles. The maximum atomic E-state index is 13.9. The Kier molecular flexibility index (Phi) is 8.81. The highest BCUT2D eigenvalue weighted by atomic mass is 79.9. The molecule has 0 spiro atoms. The van der Waals surface area contributed by atoms with Crippen molar-refractivity contribution >= 4 is 39.3 Å². The average Bonchev–Trinajstić information content (AvgIpc) is 3.23. The van der Waals surface area contributed by atoms with Crippen molar-refractivity contribution in [3.05, 3.63) is 76.9 Å². The SMILES string of the molecule is CCOC(=O)C1=C(C)N=c2s/c(=C/c3cc(OCC)c(OC)cc3Br)c(=O)n2[C@@H]1c1ccc(OC)c(OC)c1. The summed E-state index contributed by atoms with van der Waals surface area (Å²) in [7, 11) is 4.65. The summed E-state index contributed by atoms with van der Waals surface area (Å²) >= 11 is 4.81. The number of benzene rings is 2. The summed E-state index contributed by atoms with van der Waals surface area (Å²) in [6.45, 7) is 6.01. The molecule has 1 atom stereocenters. The number of carbonyl (C=O) groups is 1. The first-order valence-corrected chi connectivity index (χ1v) is 13.8. The molecule has 3 aromatic rings. The van der Waals surface area contributed by atoms with E-state index in [2.05, 4.69) is 20.9 Å². The Morgan fingerprint density at radius 3 is 2.36 bits per heavy atom. The number of rotatable bonds is 9. The largest absolute Gasteiger partial charge is 0.493 e. The van der Waals surface area contributed by atoms with Crippen LogP contribution < -0.4 is 33.8 Å². The van der Waals surface area contributed by atoms with E-state index in [9.17, 15) is 9.59 Å². The van der Waals surface area contributed by atoms with Gasteiger partial charge in [-0.3, -0.25) is 9.36 Å². The van der Waals surface area contributed by atoms with Gasteiger partial charge in [0.1, 0.15) is 0 Å². The van der Waals surface area contributed by atoms with Crippen molar-refractivity contribution in [2.45, 2.75) is 26.8 Å². The van der Waals surface area contributed by atoms with Crippen LogP contribution in [-0.2, 0) is 9.53 Å². The highest BCUT2D eigenvalue weighted by molar-refractivity contribution is 9.10. The molecule has 1 aliphatic rings. The molecule has 0 saturated heterocycles. The number of nitrogens with zero attached hydrogens (tertiary/aromatic N) is 2. The fraction of sp³-hybridized carbons (Fsp3) is 0.321. The molecule has 0 aliphatic carbocycles. The second-order valence-corrected chi connectivity index (χ2v) is 10.2. The summed E-state index contributed by atoms with van der Waals surface area (Å²) in [4.78, 5) is 32.2. The minimum Gasteiger partial charge on any atom is -0.493 e. The maximum absolute atomic E-state index is 13.9. The molecule has 1 aliphatic heterocycles. The van der Waals surface area contributed by atoms with Gasteiger partial charge in [0.15, 0.2) is 27.8 Å². The van der Waals surface area contributed by atoms with Crippen LogP contribution >= 0.6 is 27.3 Å². The van der Waals surface area contributed by atoms with E-state index in [4.69, 9.17) is 23.7 Å². The first-order chi connectivity index (χ1) is 18.8. The van der Waals surface area contributed by atoms with Crippen molar-refractivity contribution in [2.75, 3.05) is 34.5 Å². The first-order valence-electron chi connectivity index (χ1n) is 12.2. The second-order valence-electron chi connectivity index (χ2n) is 8.37. The minimum atomic E-state index is -0.777. The van der Waals surface area contributed by atoms with Gasteiger partial charge >= 0.3 is 5.97 Å². The molecular weight excluding hydrogens is 588 g/mol. The lowest BCUT2D eigenvalue weighted by atomic mass is 9.95. The Balaban J connectivity index is 1.96. The molecular formula is C28H29BrN2O7S. The molecule has 9 nitrogen and oxygen atoms in total. The molecule has 4 rings (SSSR count). The van der Waals surface area contributed by atoms with E-state index in [0.717, 1.165) is 10.0 Å². The number of thiazole rings is 1. The summed E-state index contributed by atoms with van der Waals surface area (Å²) < 4.78 is 30.1. The van der Waals surface area contributed by atoms with Gasteiger partial charge in [-0.25, -0.2) is 9.79 Å². The summed E-state index contributed by atoms with van der Waals surface area (Å²) in [5.41, 5.74) is 1.85. The van der Waals surface area contributed by atoms with Gasteiger partial charge in [0.2, 0.25) is 0 Å². The van der Waals surface area contributed by atoms with Gasteiger partial charge in [-0.2, -0.15) is 0 Å². The Hall–Kier alpha value is -3.57. The molecule has 0 bridgehead atoms. The predicted octanol–water partition coefficient (Wildman–Crippen LogP) is 3.99. The number of ether oxygens (including phenoxy) is 5. The summed E-state index contributed by atoms with van der Waals surface area (Å²) in [6, 6.07) is 8.13. The number of aromatic nitrogens is 1. The van der Waals surface area contributed by atoms with Crippen LogP contribution in [0.3, 0.4) is 0 Å². The number of carbonyl (C=O) groups excluding carboxylic acids is 1. The predicted molar refractivity (Wildman–Crippen MR) is 152 cm³/mol. The van der Waals surface area contributed by atoms with E-state index in [1.165, 1.54) is 23.0 Å². The molecule has 0 N–H and O–H groups in total.